The molecule has 0 spiro atoms. The Labute approximate surface area is 176 Å². The van der Waals surface area contributed by atoms with E-state index in [4.69, 9.17) is 0 Å². The summed E-state index contributed by atoms with van der Waals surface area (Å²) in [7, 11) is 0. The number of carbonyl (C=O) groups excluding carboxylic acids is 1. The number of H-pyrrole nitrogens is 1. The summed E-state index contributed by atoms with van der Waals surface area (Å²) in [4.78, 5) is 34.3. The molecule has 2 amide bonds. The minimum atomic E-state index is -0.364. The molecule has 3 heterocycles. The number of nitrogens with zero attached hydrogens (tertiary/aromatic N) is 4. The van der Waals surface area contributed by atoms with Crippen LogP contribution in [0, 0.1) is 12.7 Å². The molecule has 31 heavy (non-hydrogen) atoms. The van der Waals surface area contributed by atoms with Gasteiger partial charge in [0.2, 0.25) is 0 Å². The van der Waals surface area contributed by atoms with Crippen molar-refractivity contribution >= 4 is 22.8 Å². The van der Waals surface area contributed by atoms with Gasteiger partial charge in [-0.15, -0.1) is 0 Å². The maximum atomic E-state index is 13.0. The number of aryl methyl sites for hydroxylation is 1. The van der Waals surface area contributed by atoms with Gasteiger partial charge in [0.05, 0.1) is 17.3 Å². The first kappa shape index (κ1) is 19.0. The van der Waals surface area contributed by atoms with Crippen LogP contribution in [-0.4, -0.2) is 43.8 Å². The van der Waals surface area contributed by atoms with Crippen molar-refractivity contribution in [1.29, 1.82) is 0 Å². The predicted molar refractivity (Wildman–Crippen MR) is 114 cm³/mol. The van der Waals surface area contributed by atoms with E-state index in [1.54, 1.807) is 16.5 Å². The molecule has 9 heteroatoms. The molecule has 0 atom stereocenters. The highest BCUT2D eigenvalue weighted by Crippen LogP contribution is 2.26. The predicted octanol–water partition coefficient (Wildman–Crippen LogP) is 3.19. The number of carbonyl (C=O) groups is 1. The minimum absolute atomic E-state index is 0.0875. The van der Waals surface area contributed by atoms with Gasteiger partial charge in [-0.2, -0.15) is 5.10 Å². The van der Waals surface area contributed by atoms with E-state index >= 15 is 0 Å². The van der Waals surface area contributed by atoms with E-state index < -0.39 is 0 Å². The summed E-state index contributed by atoms with van der Waals surface area (Å²) < 4.78 is 14.7. The van der Waals surface area contributed by atoms with E-state index in [1.165, 1.54) is 24.3 Å². The fraction of sp³-hybridized carbons (Fsp3) is 0.182. The van der Waals surface area contributed by atoms with Crippen LogP contribution in [0.25, 0.3) is 16.7 Å². The maximum Gasteiger partial charge on any atom is 0.321 e. The normalized spacial score (nSPS) is 13.9. The first-order valence-electron chi connectivity index (χ1n) is 9.86. The molecule has 1 aliphatic rings. The fourth-order valence-corrected chi connectivity index (χ4v) is 3.70. The van der Waals surface area contributed by atoms with Crippen molar-refractivity contribution in [3.8, 4) is 5.69 Å². The summed E-state index contributed by atoms with van der Waals surface area (Å²) in [5, 5.41) is 7.68. The van der Waals surface area contributed by atoms with E-state index in [-0.39, 0.29) is 23.3 Å². The number of halogens is 1. The first-order valence-corrected chi connectivity index (χ1v) is 9.86. The molecule has 5 rings (SSSR count). The van der Waals surface area contributed by atoms with Crippen LogP contribution in [0.4, 0.5) is 14.9 Å². The Morgan fingerprint density at radius 2 is 1.84 bits per heavy atom. The van der Waals surface area contributed by atoms with Crippen LogP contribution in [0.5, 0.6) is 0 Å². The summed E-state index contributed by atoms with van der Waals surface area (Å²) >= 11 is 0. The quantitative estimate of drug-likeness (QED) is 0.534. The summed E-state index contributed by atoms with van der Waals surface area (Å²) in [5.74, 6) is 0.0772. The second-order valence-electron chi connectivity index (χ2n) is 7.52. The zero-order valence-electron chi connectivity index (χ0n) is 16.7. The van der Waals surface area contributed by atoms with E-state index in [9.17, 15) is 14.0 Å². The van der Waals surface area contributed by atoms with Gasteiger partial charge >= 0.3 is 6.03 Å². The number of amides is 2. The number of nitrogens with one attached hydrogen (secondary N) is 2. The van der Waals surface area contributed by atoms with Crippen LogP contribution in [0.1, 0.15) is 17.4 Å². The van der Waals surface area contributed by atoms with E-state index in [2.05, 4.69) is 20.4 Å². The summed E-state index contributed by atoms with van der Waals surface area (Å²) in [6, 6.07) is 14.8. The van der Waals surface area contributed by atoms with Crippen LogP contribution < -0.4 is 10.9 Å². The van der Waals surface area contributed by atoms with Gasteiger partial charge in [0.15, 0.2) is 5.65 Å². The number of hydrogen-bond acceptors (Lipinski definition) is 4. The number of likely N-dealkylation sites (tertiary alicyclic amines) is 1. The first-order chi connectivity index (χ1) is 15.0. The number of benzene rings is 2. The SMILES string of the molecule is Cc1nn(-c2ccccc2)c2nc(C3CN(C(=O)Nc4ccc(F)cc4)C3)[nH]c(=O)c12. The van der Waals surface area contributed by atoms with Crippen molar-refractivity contribution < 1.29 is 9.18 Å². The molecule has 0 aliphatic carbocycles. The van der Waals surface area contributed by atoms with Crippen LogP contribution >= 0.6 is 0 Å². The van der Waals surface area contributed by atoms with Gasteiger partial charge in [0.1, 0.15) is 17.0 Å². The van der Waals surface area contributed by atoms with Crippen molar-refractivity contribution in [2.24, 2.45) is 0 Å². The van der Waals surface area contributed by atoms with Gasteiger partial charge in [-0.05, 0) is 43.3 Å². The number of aromatic amines is 1. The molecule has 156 valence electrons. The summed E-state index contributed by atoms with van der Waals surface area (Å²) in [6.45, 7) is 2.61. The Morgan fingerprint density at radius 1 is 1.13 bits per heavy atom. The highest BCUT2D eigenvalue weighted by molar-refractivity contribution is 5.90. The maximum absolute atomic E-state index is 13.0. The van der Waals surface area contributed by atoms with Gasteiger partial charge in [-0.25, -0.2) is 18.9 Å². The average Bonchev–Trinajstić information content (AvgIpc) is 3.06. The summed E-state index contributed by atoms with van der Waals surface area (Å²) in [6.07, 6.45) is 0. The lowest BCUT2D eigenvalue weighted by molar-refractivity contribution is 0.161. The number of anilines is 1. The highest BCUT2D eigenvalue weighted by atomic mass is 19.1. The van der Waals surface area contributed by atoms with E-state index in [1.807, 2.05) is 30.3 Å². The molecule has 2 aromatic carbocycles. The van der Waals surface area contributed by atoms with Crippen molar-refractivity contribution in [3.05, 3.63) is 82.3 Å². The fourth-order valence-electron chi connectivity index (χ4n) is 3.70. The molecule has 1 fully saturated rings. The Kier molecular flexibility index (Phi) is 4.50. The van der Waals surface area contributed by atoms with Crippen molar-refractivity contribution in [2.45, 2.75) is 12.8 Å². The van der Waals surface area contributed by atoms with Crippen LogP contribution in [-0.2, 0) is 0 Å². The lowest BCUT2D eigenvalue weighted by atomic mass is 9.99. The van der Waals surface area contributed by atoms with Gasteiger partial charge in [0, 0.05) is 18.8 Å². The Bertz CT molecular complexity index is 1320. The number of fused-ring (bicyclic) bond motifs is 1. The number of para-hydroxylation sites is 1. The molecule has 2 aromatic heterocycles. The Hall–Kier alpha value is -4.01. The summed E-state index contributed by atoms with van der Waals surface area (Å²) in [5.41, 5.74) is 2.20. The van der Waals surface area contributed by atoms with Crippen LogP contribution in [0.2, 0.25) is 0 Å². The van der Waals surface area contributed by atoms with Crippen molar-refractivity contribution in [3.63, 3.8) is 0 Å². The molecule has 0 bridgehead atoms. The third-order valence-electron chi connectivity index (χ3n) is 5.38. The second-order valence-corrected chi connectivity index (χ2v) is 7.52. The molecular weight excluding hydrogens is 399 g/mol. The minimum Gasteiger partial charge on any atom is -0.323 e. The Balaban J connectivity index is 1.37. The Morgan fingerprint density at radius 3 is 2.55 bits per heavy atom. The van der Waals surface area contributed by atoms with Crippen LogP contribution in [0.15, 0.2) is 59.4 Å². The topological polar surface area (TPSA) is 95.9 Å². The van der Waals surface area contributed by atoms with E-state index in [0.717, 1.165) is 5.69 Å². The molecule has 0 unspecified atom stereocenters. The zero-order valence-corrected chi connectivity index (χ0v) is 16.7. The molecule has 2 N–H and O–H groups in total. The molecule has 1 saturated heterocycles. The van der Waals surface area contributed by atoms with E-state index in [0.29, 0.717) is 41.3 Å². The lowest BCUT2D eigenvalue weighted by Gasteiger charge is -2.38. The highest BCUT2D eigenvalue weighted by Gasteiger charge is 2.34. The molecule has 0 saturated carbocycles. The van der Waals surface area contributed by atoms with Crippen LogP contribution in [0.3, 0.4) is 0 Å². The molecule has 1 aliphatic heterocycles. The standard InChI is InChI=1S/C22H19FN6O2/c1-13-18-20(29(27-13)17-5-3-2-4-6-17)25-19(26-21(18)30)14-11-28(12-14)22(31)24-16-9-7-15(23)8-10-16/h2-10,14H,11-12H2,1H3,(H,24,31)(H,25,26,30). The molecular formula is C22H19FN6O2. The lowest BCUT2D eigenvalue weighted by Crippen LogP contribution is -2.51. The third kappa shape index (κ3) is 3.43. The monoisotopic (exact) mass is 418 g/mol. The second kappa shape index (κ2) is 7.35. The number of hydrogen-bond donors (Lipinski definition) is 2. The zero-order chi connectivity index (χ0) is 21.5. The number of urea groups is 1. The number of rotatable bonds is 3. The number of aromatic nitrogens is 4. The van der Waals surface area contributed by atoms with Crippen molar-refractivity contribution in [1.82, 2.24) is 24.6 Å². The third-order valence-corrected chi connectivity index (χ3v) is 5.38. The smallest absolute Gasteiger partial charge is 0.321 e. The van der Waals surface area contributed by atoms with Gasteiger partial charge in [-0.3, -0.25) is 4.79 Å². The molecule has 0 radical (unpaired) electrons. The molecule has 8 nitrogen and oxygen atoms in total. The average molecular weight is 418 g/mol. The molecule has 4 aromatic rings. The van der Waals surface area contributed by atoms with Gasteiger partial charge < -0.3 is 15.2 Å². The largest absolute Gasteiger partial charge is 0.323 e. The van der Waals surface area contributed by atoms with Gasteiger partial charge in [0.25, 0.3) is 5.56 Å². The van der Waals surface area contributed by atoms with Crippen molar-refractivity contribution in [2.75, 3.05) is 18.4 Å². The van der Waals surface area contributed by atoms with Gasteiger partial charge in [-0.1, -0.05) is 18.2 Å².